The molecular weight excluding hydrogens is 258 g/mol. The Bertz CT molecular complexity index is 371. The number of nitrogens with zero attached hydrogens (tertiary/aromatic N) is 2. The van der Waals surface area contributed by atoms with Crippen LogP contribution in [-0.4, -0.2) is 49.6 Å². The number of hydrogen-bond acceptors (Lipinski definition) is 3. The molecule has 120 valence electrons. The smallest absolute Gasteiger partial charge is 0.0234 e. The molecule has 0 saturated heterocycles. The lowest BCUT2D eigenvalue weighted by atomic mass is 10.1. The van der Waals surface area contributed by atoms with Crippen LogP contribution in [0.2, 0.25) is 0 Å². The Morgan fingerprint density at radius 3 is 2.10 bits per heavy atom. The molecule has 1 rings (SSSR count). The van der Waals surface area contributed by atoms with Crippen LogP contribution in [0.3, 0.4) is 0 Å². The molecule has 0 aromatic heterocycles. The van der Waals surface area contributed by atoms with E-state index in [4.69, 9.17) is 0 Å². The van der Waals surface area contributed by atoms with Crippen LogP contribution in [0.15, 0.2) is 24.3 Å². The topological polar surface area (TPSA) is 18.5 Å². The van der Waals surface area contributed by atoms with Crippen LogP contribution in [0.5, 0.6) is 0 Å². The maximum atomic E-state index is 3.46. The first-order valence-corrected chi connectivity index (χ1v) is 8.19. The molecule has 1 N–H and O–H groups in total. The number of benzene rings is 1. The highest BCUT2D eigenvalue weighted by Gasteiger charge is 2.06. The van der Waals surface area contributed by atoms with Crippen LogP contribution in [0.1, 0.15) is 38.3 Å². The van der Waals surface area contributed by atoms with Crippen LogP contribution in [0, 0.1) is 0 Å². The second kappa shape index (κ2) is 9.93. The second-order valence-corrected chi connectivity index (χ2v) is 6.43. The first-order valence-electron chi connectivity index (χ1n) is 8.19. The standard InChI is InChI=1S/C18H33N3/c1-6-11-21(13-12-20(4)5)15-18-9-7-17(8-10-18)14-19-16(2)3/h7-10,16,19H,6,11-15H2,1-5H3. The maximum Gasteiger partial charge on any atom is 0.0234 e. The van der Waals surface area contributed by atoms with Gasteiger partial charge < -0.3 is 10.2 Å². The minimum atomic E-state index is 0.538. The zero-order valence-corrected chi connectivity index (χ0v) is 14.5. The van der Waals surface area contributed by atoms with E-state index in [1.807, 2.05) is 0 Å². The number of likely N-dealkylation sites (N-methyl/N-ethyl adjacent to an activating group) is 1. The monoisotopic (exact) mass is 291 g/mol. The normalized spacial score (nSPS) is 11.8. The van der Waals surface area contributed by atoms with Gasteiger partial charge in [0.05, 0.1) is 0 Å². The number of nitrogens with one attached hydrogen (secondary N) is 1. The van der Waals surface area contributed by atoms with Gasteiger partial charge in [0.1, 0.15) is 0 Å². The van der Waals surface area contributed by atoms with Crippen LogP contribution in [0.25, 0.3) is 0 Å². The van der Waals surface area contributed by atoms with Gasteiger partial charge >= 0.3 is 0 Å². The van der Waals surface area contributed by atoms with E-state index >= 15 is 0 Å². The summed E-state index contributed by atoms with van der Waals surface area (Å²) in [4.78, 5) is 4.80. The molecule has 0 bridgehead atoms. The van der Waals surface area contributed by atoms with Gasteiger partial charge in [-0.2, -0.15) is 0 Å². The summed E-state index contributed by atoms with van der Waals surface area (Å²) in [7, 11) is 4.28. The van der Waals surface area contributed by atoms with Crippen molar-refractivity contribution in [2.24, 2.45) is 0 Å². The largest absolute Gasteiger partial charge is 0.310 e. The third-order valence-electron chi connectivity index (χ3n) is 3.55. The Kier molecular flexibility index (Phi) is 8.58. The molecule has 0 amide bonds. The Morgan fingerprint density at radius 1 is 0.952 bits per heavy atom. The molecule has 0 fully saturated rings. The predicted octanol–water partition coefficient (Wildman–Crippen LogP) is 2.96. The zero-order chi connectivity index (χ0) is 15.7. The molecular formula is C18H33N3. The Morgan fingerprint density at radius 2 is 1.57 bits per heavy atom. The van der Waals surface area contributed by atoms with Crippen LogP contribution < -0.4 is 5.32 Å². The highest BCUT2D eigenvalue weighted by Crippen LogP contribution is 2.08. The fraction of sp³-hybridized carbons (Fsp3) is 0.667. The summed E-state index contributed by atoms with van der Waals surface area (Å²) in [5, 5.41) is 3.46. The molecule has 0 aliphatic rings. The molecule has 0 saturated carbocycles. The lowest BCUT2D eigenvalue weighted by Crippen LogP contribution is -2.32. The van der Waals surface area contributed by atoms with Gasteiger partial charge in [0.15, 0.2) is 0 Å². The van der Waals surface area contributed by atoms with Crippen molar-refractivity contribution in [1.82, 2.24) is 15.1 Å². The first kappa shape index (κ1) is 18.1. The maximum absolute atomic E-state index is 3.46. The first-order chi connectivity index (χ1) is 10.0. The summed E-state index contributed by atoms with van der Waals surface area (Å²) in [6.07, 6.45) is 1.21. The van der Waals surface area contributed by atoms with Crippen molar-refractivity contribution in [2.45, 2.75) is 46.3 Å². The van der Waals surface area contributed by atoms with Crippen molar-refractivity contribution in [3.8, 4) is 0 Å². The predicted molar refractivity (Wildman–Crippen MR) is 92.5 cm³/mol. The average Bonchev–Trinajstić information content (AvgIpc) is 2.44. The van der Waals surface area contributed by atoms with Crippen LogP contribution >= 0.6 is 0 Å². The van der Waals surface area contributed by atoms with E-state index in [0.29, 0.717) is 6.04 Å². The fourth-order valence-corrected chi connectivity index (χ4v) is 2.27. The van der Waals surface area contributed by atoms with Crippen molar-refractivity contribution in [3.05, 3.63) is 35.4 Å². The van der Waals surface area contributed by atoms with E-state index in [1.54, 1.807) is 0 Å². The second-order valence-electron chi connectivity index (χ2n) is 6.43. The average molecular weight is 291 g/mol. The molecule has 1 aromatic carbocycles. The van der Waals surface area contributed by atoms with E-state index in [9.17, 15) is 0 Å². The molecule has 3 heteroatoms. The lowest BCUT2D eigenvalue weighted by Gasteiger charge is -2.23. The van der Waals surface area contributed by atoms with E-state index < -0.39 is 0 Å². The highest BCUT2D eigenvalue weighted by atomic mass is 15.2. The summed E-state index contributed by atoms with van der Waals surface area (Å²) in [5.74, 6) is 0. The molecule has 0 spiro atoms. The quantitative estimate of drug-likeness (QED) is 0.715. The number of rotatable bonds is 10. The van der Waals surface area contributed by atoms with Gasteiger partial charge in [-0.25, -0.2) is 0 Å². The van der Waals surface area contributed by atoms with Crippen molar-refractivity contribution in [3.63, 3.8) is 0 Å². The molecule has 21 heavy (non-hydrogen) atoms. The van der Waals surface area contributed by atoms with E-state index in [-0.39, 0.29) is 0 Å². The number of hydrogen-bond donors (Lipinski definition) is 1. The molecule has 3 nitrogen and oxygen atoms in total. The highest BCUT2D eigenvalue weighted by molar-refractivity contribution is 5.22. The van der Waals surface area contributed by atoms with Gasteiger partial charge in [-0.1, -0.05) is 45.0 Å². The summed E-state index contributed by atoms with van der Waals surface area (Å²) in [6.45, 7) is 12.1. The van der Waals surface area contributed by atoms with Crippen LogP contribution in [0.4, 0.5) is 0 Å². The summed E-state index contributed by atoms with van der Waals surface area (Å²) < 4.78 is 0. The van der Waals surface area contributed by atoms with Crippen LogP contribution in [-0.2, 0) is 13.1 Å². The molecule has 0 atom stereocenters. The van der Waals surface area contributed by atoms with Crippen molar-refractivity contribution in [1.29, 1.82) is 0 Å². The Balaban J connectivity index is 2.50. The van der Waals surface area contributed by atoms with Crippen molar-refractivity contribution < 1.29 is 0 Å². The van der Waals surface area contributed by atoms with Gasteiger partial charge in [-0.3, -0.25) is 4.90 Å². The van der Waals surface area contributed by atoms with E-state index in [2.05, 4.69) is 74.2 Å². The Hall–Kier alpha value is -0.900. The van der Waals surface area contributed by atoms with E-state index in [1.165, 1.54) is 24.1 Å². The molecule has 0 aliphatic heterocycles. The minimum absolute atomic E-state index is 0.538. The molecule has 0 heterocycles. The SMILES string of the molecule is CCCN(CCN(C)C)Cc1ccc(CNC(C)C)cc1. The summed E-state index contributed by atoms with van der Waals surface area (Å²) in [5.41, 5.74) is 2.78. The van der Waals surface area contributed by atoms with Gasteiger partial charge in [0.25, 0.3) is 0 Å². The molecule has 0 radical (unpaired) electrons. The minimum Gasteiger partial charge on any atom is -0.310 e. The molecule has 0 unspecified atom stereocenters. The summed E-state index contributed by atoms with van der Waals surface area (Å²) >= 11 is 0. The van der Waals surface area contributed by atoms with Gasteiger partial charge in [-0.05, 0) is 38.2 Å². The fourth-order valence-electron chi connectivity index (χ4n) is 2.27. The van der Waals surface area contributed by atoms with Gasteiger partial charge in [-0.15, -0.1) is 0 Å². The Labute approximate surface area is 131 Å². The van der Waals surface area contributed by atoms with Gasteiger partial charge in [0, 0.05) is 32.2 Å². The lowest BCUT2D eigenvalue weighted by molar-refractivity contribution is 0.234. The molecule has 0 aliphatic carbocycles. The zero-order valence-electron chi connectivity index (χ0n) is 14.5. The third-order valence-corrected chi connectivity index (χ3v) is 3.55. The van der Waals surface area contributed by atoms with Crippen molar-refractivity contribution >= 4 is 0 Å². The van der Waals surface area contributed by atoms with Gasteiger partial charge in [0.2, 0.25) is 0 Å². The third kappa shape index (κ3) is 8.20. The van der Waals surface area contributed by atoms with E-state index in [0.717, 1.165) is 26.2 Å². The van der Waals surface area contributed by atoms with Crippen molar-refractivity contribution in [2.75, 3.05) is 33.7 Å². The molecule has 1 aromatic rings. The summed E-state index contributed by atoms with van der Waals surface area (Å²) in [6, 6.07) is 9.59.